The maximum Gasteiger partial charge on any atom is 0.115 e. The zero-order valence-electron chi connectivity index (χ0n) is 14.2. The topological polar surface area (TPSA) is 35.5 Å². The quantitative estimate of drug-likeness (QED) is 0.781. The van der Waals surface area contributed by atoms with E-state index in [4.69, 9.17) is 0 Å². The molecule has 0 spiro atoms. The average Bonchev–Trinajstić information content (AvgIpc) is 2.60. The standard InChI is InChI=1S/C20H26N2OS/c1-24-20-9-3-5-16(12-20)13-21-18-7-4-10-22(15-18)14-17-6-2-8-19(23)11-17/h2-3,5-6,8-9,11-12,18,21,23H,4,7,10,13-15H2,1H3. The summed E-state index contributed by atoms with van der Waals surface area (Å²) in [5.41, 5.74) is 2.54. The molecule has 1 fully saturated rings. The van der Waals surface area contributed by atoms with Gasteiger partial charge in [-0.25, -0.2) is 0 Å². The predicted octanol–water partition coefficient (Wildman–Crippen LogP) is 3.87. The van der Waals surface area contributed by atoms with E-state index >= 15 is 0 Å². The van der Waals surface area contributed by atoms with Crippen molar-refractivity contribution >= 4 is 11.8 Å². The van der Waals surface area contributed by atoms with Gasteiger partial charge in [0.25, 0.3) is 0 Å². The number of phenolic OH excluding ortho intramolecular Hbond substituents is 1. The number of rotatable bonds is 6. The van der Waals surface area contributed by atoms with Gasteiger partial charge in [0, 0.05) is 30.6 Å². The van der Waals surface area contributed by atoms with Gasteiger partial charge in [-0.15, -0.1) is 11.8 Å². The van der Waals surface area contributed by atoms with Crippen LogP contribution < -0.4 is 5.32 Å². The van der Waals surface area contributed by atoms with Crippen molar-refractivity contribution in [3.63, 3.8) is 0 Å². The minimum absolute atomic E-state index is 0.355. The van der Waals surface area contributed by atoms with E-state index in [1.54, 1.807) is 17.8 Å². The molecular weight excluding hydrogens is 316 g/mol. The van der Waals surface area contributed by atoms with E-state index in [2.05, 4.69) is 46.8 Å². The fourth-order valence-electron chi connectivity index (χ4n) is 3.32. The highest BCUT2D eigenvalue weighted by Crippen LogP contribution is 2.18. The third-order valence-corrected chi connectivity index (χ3v) is 5.28. The Morgan fingerprint density at radius 2 is 2.00 bits per heavy atom. The zero-order valence-corrected chi connectivity index (χ0v) is 15.1. The number of nitrogens with one attached hydrogen (secondary N) is 1. The lowest BCUT2D eigenvalue weighted by Gasteiger charge is -2.33. The van der Waals surface area contributed by atoms with Gasteiger partial charge in [-0.3, -0.25) is 4.90 Å². The molecule has 24 heavy (non-hydrogen) atoms. The van der Waals surface area contributed by atoms with Crippen LogP contribution in [0.4, 0.5) is 0 Å². The summed E-state index contributed by atoms with van der Waals surface area (Å²) in [6.45, 7) is 4.04. The first kappa shape index (κ1) is 17.3. The van der Waals surface area contributed by atoms with E-state index in [1.807, 2.05) is 12.1 Å². The molecule has 1 atom stereocenters. The van der Waals surface area contributed by atoms with Crippen LogP contribution in [0.2, 0.25) is 0 Å². The Morgan fingerprint density at radius 1 is 1.17 bits per heavy atom. The first-order chi connectivity index (χ1) is 11.7. The number of phenols is 1. The van der Waals surface area contributed by atoms with Crippen molar-refractivity contribution in [2.45, 2.75) is 36.9 Å². The van der Waals surface area contributed by atoms with Crippen molar-refractivity contribution in [1.29, 1.82) is 0 Å². The Balaban J connectivity index is 1.51. The number of piperidine rings is 1. The molecule has 128 valence electrons. The molecule has 4 heteroatoms. The molecule has 0 saturated carbocycles. The van der Waals surface area contributed by atoms with Crippen molar-refractivity contribution in [2.24, 2.45) is 0 Å². The molecule has 0 aliphatic carbocycles. The Hall–Kier alpha value is -1.49. The minimum Gasteiger partial charge on any atom is -0.508 e. The molecule has 2 aromatic rings. The molecule has 2 N–H and O–H groups in total. The van der Waals surface area contributed by atoms with Crippen LogP contribution in [-0.2, 0) is 13.1 Å². The van der Waals surface area contributed by atoms with Crippen LogP contribution in [0.3, 0.4) is 0 Å². The number of nitrogens with zero attached hydrogens (tertiary/aromatic N) is 1. The predicted molar refractivity (Wildman–Crippen MR) is 101 cm³/mol. The molecule has 3 nitrogen and oxygen atoms in total. The maximum absolute atomic E-state index is 9.61. The molecule has 0 bridgehead atoms. The van der Waals surface area contributed by atoms with Crippen LogP contribution in [-0.4, -0.2) is 35.4 Å². The number of thioether (sulfide) groups is 1. The summed E-state index contributed by atoms with van der Waals surface area (Å²) in [4.78, 5) is 3.80. The Labute approximate surface area is 149 Å². The van der Waals surface area contributed by atoms with Crippen LogP contribution in [0.15, 0.2) is 53.4 Å². The second-order valence-electron chi connectivity index (χ2n) is 6.48. The lowest BCUT2D eigenvalue weighted by atomic mass is 10.0. The van der Waals surface area contributed by atoms with E-state index in [-0.39, 0.29) is 0 Å². The molecule has 3 rings (SSSR count). The molecular formula is C20H26N2OS. The maximum atomic E-state index is 9.61. The van der Waals surface area contributed by atoms with Gasteiger partial charge in [-0.05, 0) is 61.0 Å². The van der Waals surface area contributed by atoms with Gasteiger partial charge in [0.05, 0.1) is 0 Å². The van der Waals surface area contributed by atoms with Crippen LogP contribution in [0.25, 0.3) is 0 Å². The highest BCUT2D eigenvalue weighted by atomic mass is 32.2. The molecule has 0 aromatic heterocycles. The normalized spacial score (nSPS) is 18.6. The van der Waals surface area contributed by atoms with Gasteiger partial charge in [0.2, 0.25) is 0 Å². The second-order valence-corrected chi connectivity index (χ2v) is 7.36. The second kappa shape index (κ2) is 8.56. The van der Waals surface area contributed by atoms with Gasteiger partial charge < -0.3 is 10.4 Å². The van der Waals surface area contributed by atoms with Crippen LogP contribution in [0.5, 0.6) is 5.75 Å². The number of hydrogen-bond donors (Lipinski definition) is 2. The highest BCUT2D eigenvalue weighted by Gasteiger charge is 2.19. The molecule has 1 saturated heterocycles. The molecule has 2 aromatic carbocycles. The number of likely N-dealkylation sites (tertiary alicyclic amines) is 1. The number of benzene rings is 2. The van der Waals surface area contributed by atoms with Crippen molar-refractivity contribution < 1.29 is 5.11 Å². The van der Waals surface area contributed by atoms with E-state index in [0.29, 0.717) is 11.8 Å². The van der Waals surface area contributed by atoms with Gasteiger partial charge in [0.1, 0.15) is 5.75 Å². The van der Waals surface area contributed by atoms with Gasteiger partial charge >= 0.3 is 0 Å². The monoisotopic (exact) mass is 342 g/mol. The summed E-state index contributed by atoms with van der Waals surface area (Å²) < 4.78 is 0. The molecule has 1 heterocycles. The van der Waals surface area contributed by atoms with E-state index in [1.165, 1.54) is 28.9 Å². The highest BCUT2D eigenvalue weighted by molar-refractivity contribution is 7.98. The Bertz CT molecular complexity index is 662. The Morgan fingerprint density at radius 3 is 2.83 bits per heavy atom. The van der Waals surface area contributed by atoms with Crippen LogP contribution in [0, 0.1) is 0 Å². The lowest BCUT2D eigenvalue weighted by Crippen LogP contribution is -2.45. The van der Waals surface area contributed by atoms with Crippen molar-refractivity contribution in [2.75, 3.05) is 19.3 Å². The number of hydrogen-bond acceptors (Lipinski definition) is 4. The minimum atomic E-state index is 0.355. The third-order valence-electron chi connectivity index (χ3n) is 4.55. The summed E-state index contributed by atoms with van der Waals surface area (Å²) in [5, 5.41) is 13.3. The lowest BCUT2D eigenvalue weighted by molar-refractivity contribution is 0.182. The summed E-state index contributed by atoms with van der Waals surface area (Å²) in [5.74, 6) is 0.355. The summed E-state index contributed by atoms with van der Waals surface area (Å²) in [6.07, 6.45) is 4.58. The van der Waals surface area contributed by atoms with Crippen molar-refractivity contribution in [3.8, 4) is 5.75 Å². The fraction of sp³-hybridized carbons (Fsp3) is 0.400. The van der Waals surface area contributed by atoms with Gasteiger partial charge in [0.15, 0.2) is 0 Å². The van der Waals surface area contributed by atoms with Gasteiger partial charge in [-0.1, -0.05) is 24.3 Å². The first-order valence-electron chi connectivity index (χ1n) is 8.59. The molecule has 0 radical (unpaired) electrons. The molecule has 0 amide bonds. The first-order valence-corrected chi connectivity index (χ1v) is 9.82. The van der Waals surface area contributed by atoms with Crippen LogP contribution in [0.1, 0.15) is 24.0 Å². The van der Waals surface area contributed by atoms with Crippen molar-refractivity contribution in [3.05, 3.63) is 59.7 Å². The van der Waals surface area contributed by atoms with Crippen LogP contribution >= 0.6 is 11.8 Å². The summed E-state index contributed by atoms with van der Waals surface area (Å²) in [7, 11) is 0. The van der Waals surface area contributed by atoms with Crippen molar-refractivity contribution in [1.82, 2.24) is 10.2 Å². The fourth-order valence-corrected chi connectivity index (χ4v) is 3.81. The summed E-state index contributed by atoms with van der Waals surface area (Å²) >= 11 is 1.79. The smallest absolute Gasteiger partial charge is 0.115 e. The molecule has 1 aliphatic rings. The summed E-state index contributed by atoms with van der Waals surface area (Å²) in [6, 6.07) is 16.9. The SMILES string of the molecule is CSc1cccc(CNC2CCCN(Cc3cccc(O)c3)C2)c1. The van der Waals surface area contributed by atoms with E-state index < -0.39 is 0 Å². The zero-order chi connectivity index (χ0) is 16.8. The average molecular weight is 343 g/mol. The van der Waals surface area contributed by atoms with Gasteiger partial charge in [-0.2, -0.15) is 0 Å². The third kappa shape index (κ3) is 5.00. The van der Waals surface area contributed by atoms with E-state index in [9.17, 15) is 5.11 Å². The molecule has 1 unspecified atom stereocenters. The molecule has 1 aliphatic heterocycles. The Kier molecular flexibility index (Phi) is 6.18. The van der Waals surface area contributed by atoms with E-state index in [0.717, 1.165) is 26.2 Å². The largest absolute Gasteiger partial charge is 0.508 e. The number of aromatic hydroxyl groups is 1.